The zero-order valence-electron chi connectivity index (χ0n) is 9.80. The number of nitriles is 1. The van der Waals surface area contributed by atoms with E-state index in [0.29, 0.717) is 4.47 Å². The van der Waals surface area contributed by atoms with E-state index in [1.54, 1.807) is 0 Å². The first kappa shape index (κ1) is 15.3. The zero-order chi connectivity index (χ0) is 14.5. The van der Waals surface area contributed by atoms with E-state index >= 15 is 0 Å². The van der Waals surface area contributed by atoms with Crippen LogP contribution in [0, 0.1) is 36.0 Å². The minimum Gasteiger partial charge on any atom is -0.207 e. The van der Waals surface area contributed by atoms with Crippen LogP contribution in [0.4, 0.5) is 0 Å². The van der Waals surface area contributed by atoms with Gasteiger partial charge in [0.15, 0.2) is 0 Å². The second-order valence-corrected chi connectivity index (χ2v) is 6.26. The molecule has 4 nitrogen and oxygen atoms in total. The molecule has 0 spiro atoms. The lowest BCUT2D eigenvalue weighted by molar-refractivity contribution is 0.482. The average Bonchev–Trinajstić information content (AvgIpc) is 2.38. The summed E-state index contributed by atoms with van der Waals surface area (Å²) in [6, 6.07) is 6.15. The molecule has 0 bridgehead atoms. The number of terminal acetylenes is 2. The van der Waals surface area contributed by atoms with E-state index in [1.165, 1.54) is 18.2 Å². The summed E-state index contributed by atoms with van der Waals surface area (Å²) in [5.41, 5.74) is 0.0356. The van der Waals surface area contributed by atoms with Gasteiger partial charge in [-0.05, 0) is 18.2 Å². The Morgan fingerprint density at radius 2 is 1.84 bits per heavy atom. The zero-order valence-corrected chi connectivity index (χ0v) is 12.2. The predicted octanol–water partition coefficient (Wildman–Crippen LogP) is 1.58. The molecule has 1 aromatic carbocycles. The number of hydrogen-bond acceptors (Lipinski definition) is 3. The van der Waals surface area contributed by atoms with Gasteiger partial charge >= 0.3 is 0 Å². The number of hydrogen-bond donors (Lipinski definition) is 0. The summed E-state index contributed by atoms with van der Waals surface area (Å²) in [4.78, 5) is -0.108. The summed E-state index contributed by atoms with van der Waals surface area (Å²) in [5.74, 6) is 4.47. The first-order valence-corrected chi connectivity index (χ1v) is 7.27. The van der Waals surface area contributed by atoms with Crippen molar-refractivity contribution in [3.8, 4) is 30.8 Å². The minimum absolute atomic E-state index is 0.0356. The smallest absolute Gasteiger partial charge is 0.207 e. The van der Waals surface area contributed by atoms with Crippen LogP contribution in [-0.4, -0.2) is 25.8 Å². The third-order valence-corrected chi connectivity index (χ3v) is 4.56. The number of benzene rings is 1. The Balaban J connectivity index is 3.39. The van der Waals surface area contributed by atoms with E-state index in [-0.39, 0.29) is 23.5 Å². The highest BCUT2D eigenvalue weighted by Crippen LogP contribution is 2.23. The van der Waals surface area contributed by atoms with Crippen molar-refractivity contribution in [3.05, 3.63) is 28.2 Å². The monoisotopic (exact) mass is 336 g/mol. The minimum atomic E-state index is -3.88. The summed E-state index contributed by atoms with van der Waals surface area (Å²) in [7, 11) is -3.88. The van der Waals surface area contributed by atoms with Crippen LogP contribution in [0.1, 0.15) is 5.56 Å². The normalized spacial score (nSPS) is 10.5. The summed E-state index contributed by atoms with van der Waals surface area (Å²) >= 11 is 3.18. The lowest BCUT2D eigenvalue weighted by atomic mass is 10.2. The van der Waals surface area contributed by atoms with E-state index in [1.807, 2.05) is 6.07 Å². The molecule has 0 fully saturated rings. The van der Waals surface area contributed by atoms with Crippen molar-refractivity contribution in [2.75, 3.05) is 13.1 Å². The fourth-order valence-electron chi connectivity index (χ4n) is 1.38. The van der Waals surface area contributed by atoms with Crippen molar-refractivity contribution >= 4 is 26.0 Å². The van der Waals surface area contributed by atoms with Gasteiger partial charge in [0.05, 0.1) is 18.7 Å². The standard InChI is InChI=1S/C13H9BrN2O2S/c1-3-7-16(8-4-2)19(17,18)13-6-5-12(14)9-11(13)10-15/h1-2,5-6,9H,7-8H2. The van der Waals surface area contributed by atoms with Crippen LogP contribution in [0.25, 0.3) is 0 Å². The fourth-order valence-corrected chi connectivity index (χ4v) is 3.13. The van der Waals surface area contributed by atoms with Gasteiger partial charge < -0.3 is 0 Å². The Morgan fingerprint density at radius 3 is 2.32 bits per heavy atom. The molecule has 0 amide bonds. The molecular formula is C13H9BrN2O2S. The van der Waals surface area contributed by atoms with Crippen molar-refractivity contribution < 1.29 is 8.42 Å². The van der Waals surface area contributed by atoms with Gasteiger partial charge in [0.1, 0.15) is 11.0 Å². The number of nitrogens with zero attached hydrogens (tertiary/aromatic N) is 2. The number of halogens is 1. The quantitative estimate of drug-likeness (QED) is 0.784. The van der Waals surface area contributed by atoms with E-state index in [2.05, 4.69) is 27.8 Å². The largest absolute Gasteiger partial charge is 0.246 e. The maximum atomic E-state index is 12.4. The highest BCUT2D eigenvalue weighted by molar-refractivity contribution is 9.10. The fraction of sp³-hybridized carbons (Fsp3) is 0.154. The maximum absolute atomic E-state index is 12.4. The SMILES string of the molecule is C#CCN(CC#C)S(=O)(=O)c1ccc(Br)cc1C#N. The molecule has 1 aromatic rings. The lowest BCUT2D eigenvalue weighted by Gasteiger charge is -2.18. The Morgan fingerprint density at radius 1 is 1.26 bits per heavy atom. The van der Waals surface area contributed by atoms with Gasteiger partial charge in [-0.25, -0.2) is 8.42 Å². The van der Waals surface area contributed by atoms with Crippen molar-refractivity contribution in [1.29, 1.82) is 5.26 Å². The Bertz CT molecular complexity index is 690. The molecule has 6 heteroatoms. The second-order valence-electron chi connectivity index (χ2n) is 3.43. The van der Waals surface area contributed by atoms with Crippen LogP contribution < -0.4 is 0 Å². The summed E-state index contributed by atoms with van der Waals surface area (Å²) in [6.07, 6.45) is 10.3. The first-order chi connectivity index (χ1) is 8.97. The molecule has 0 aliphatic rings. The van der Waals surface area contributed by atoms with Crippen molar-refractivity contribution in [2.24, 2.45) is 0 Å². The predicted molar refractivity (Wildman–Crippen MR) is 75.3 cm³/mol. The molecule has 0 saturated carbocycles. The number of sulfonamides is 1. The van der Waals surface area contributed by atoms with E-state index < -0.39 is 10.0 Å². The van der Waals surface area contributed by atoms with Crippen LogP contribution >= 0.6 is 15.9 Å². The molecule has 96 valence electrons. The third-order valence-electron chi connectivity index (χ3n) is 2.22. The molecule has 0 aliphatic carbocycles. The van der Waals surface area contributed by atoms with Gasteiger partial charge in [0.25, 0.3) is 0 Å². The highest BCUT2D eigenvalue weighted by atomic mass is 79.9. The third kappa shape index (κ3) is 3.36. The van der Waals surface area contributed by atoms with Crippen molar-refractivity contribution in [1.82, 2.24) is 4.31 Å². The molecule has 1 rings (SSSR count). The molecular weight excluding hydrogens is 328 g/mol. The second kappa shape index (κ2) is 6.41. The first-order valence-electron chi connectivity index (χ1n) is 5.04. The molecule has 0 N–H and O–H groups in total. The summed E-state index contributed by atoms with van der Waals surface area (Å²) < 4.78 is 26.3. The van der Waals surface area contributed by atoms with Crippen LogP contribution in [-0.2, 0) is 10.0 Å². The Kier molecular flexibility index (Phi) is 5.15. The summed E-state index contributed by atoms with van der Waals surface area (Å²) in [6.45, 7) is -0.291. The van der Waals surface area contributed by atoms with Gasteiger partial charge in [0, 0.05) is 4.47 Å². The molecule has 0 unspecified atom stereocenters. The van der Waals surface area contributed by atoms with Crippen LogP contribution in [0.15, 0.2) is 27.6 Å². The highest BCUT2D eigenvalue weighted by Gasteiger charge is 2.26. The van der Waals surface area contributed by atoms with Gasteiger partial charge in [-0.15, -0.1) is 12.8 Å². The van der Waals surface area contributed by atoms with E-state index in [9.17, 15) is 8.42 Å². The van der Waals surface area contributed by atoms with Gasteiger partial charge in [-0.3, -0.25) is 0 Å². The van der Waals surface area contributed by atoms with Crippen molar-refractivity contribution in [3.63, 3.8) is 0 Å². The van der Waals surface area contributed by atoms with Gasteiger partial charge in [0.2, 0.25) is 10.0 Å². The van der Waals surface area contributed by atoms with Crippen LogP contribution in [0.2, 0.25) is 0 Å². The molecule has 0 heterocycles. The molecule has 19 heavy (non-hydrogen) atoms. The topological polar surface area (TPSA) is 61.2 Å². The molecule has 0 saturated heterocycles. The van der Waals surface area contributed by atoms with Crippen LogP contribution in [0.5, 0.6) is 0 Å². The molecule has 0 aromatic heterocycles. The average molecular weight is 337 g/mol. The summed E-state index contributed by atoms with van der Waals surface area (Å²) in [5, 5.41) is 9.01. The molecule has 0 radical (unpaired) electrons. The molecule has 0 atom stereocenters. The lowest BCUT2D eigenvalue weighted by Crippen LogP contribution is -2.32. The van der Waals surface area contributed by atoms with E-state index in [0.717, 1.165) is 4.31 Å². The van der Waals surface area contributed by atoms with Crippen molar-refractivity contribution in [2.45, 2.75) is 4.90 Å². The van der Waals surface area contributed by atoms with Gasteiger partial charge in [-0.2, -0.15) is 9.57 Å². The van der Waals surface area contributed by atoms with Gasteiger partial charge in [-0.1, -0.05) is 27.8 Å². The van der Waals surface area contributed by atoms with E-state index in [4.69, 9.17) is 18.1 Å². The molecule has 0 aliphatic heterocycles. The Labute approximate surface area is 121 Å². The Hall–Kier alpha value is -1.78. The number of rotatable bonds is 4. The maximum Gasteiger partial charge on any atom is 0.246 e. The van der Waals surface area contributed by atoms with Crippen LogP contribution in [0.3, 0.4) is 0 Å².